The molecule has 0 bridgehead atoms. The lowest BCUT2D eigenvalue weighted by Crippen LogP contribution is -3.08. The number of nitrogens with one attached hydrogen (secondary N) is 1. The van der Waals surface area contributed by atoms with Crippen LogP contribution in [0.3, 0.4) is 0 Å². The number of benzene rings is 2. The molecular formula is C17H18Cl2NO2+. The van der Waals surface area contributed by atoms with Crippen molar-refractivity contribution < 1.29 is 14.4 Å². The highest BCUT2D eigenvalue weighted by Gasteiger charge is 2.13. The van der Waals surface area contributed by atoms with Gasteiger partial charge in [0.25, 0.3) is 0 Å². The molecule has 0 amide bonds. The van der Waals surface area contributed by atoms with Crippen molar-refractivity contribution in [1.82, 2.24) is 0 Å². The van der Waals surface area contributed by atoms with Gasteiger partial charge in [-0.25, -0.2) is 4.79 Å². The maximum absolute atomic E-state index is 12.0. The molecular weight excluding hydrogens is 321 g/mol. The van der Waals surface area contributed by atoms with Crippen LogP contribution >= 0.6 is 23.2 Å². The molecule has 0 fully saturated rings. The zero-order valence-corrected chi connectivity index (χ0v) is 13.8. The Hall–Kier alpha value is -1.55. The zero-order chi connectivity index (χ0) is 15.9. The number of hydrogen-bond donors (Lipinski definition) is 1. The number of likely N-dealkylation sites (N-methyl/N-ethyl adjacent to an activating group) is 1. The van der Waals surface area contributed by atoms with Gasteiger partial charge in [-0.2, -0.15) is 0 Å². The van der Waals surface area contributed by atoms with E-state index in [1.807, 2.05) is 18.2 Å². The van der Waals surface area contributed by atoms with Gasteiger partial charge in [-0.3, -0.25) is 0 Å². The largest absolute Gasteiger partial charge is 0.456 e. The summed E-state index contributed by atoms with van der Waals surface area (Å²) >= 11 is 11.8. The van der Waals surface area contributed by atoms with Gasteiger partial charge in [-0.15, -0.1) is 0 Å². The second-order valence-electron chi connectivity index (χ2n) is 5.13. The molecule has 2 rings (SSSR count). The highest BCUT2D eigenvalue weighted by Crippen LogP contribution is 2.21. The number of carbonyl (C=O) groups excluding carboxylic acids is 1. The Labute approximate surface area is 140 Å². The molecule has 0 aliphatic heterocycles. The second-order valence-corrected chi connectivity index (χ2v) is 5.97. The molecule has 0 saturated heterocycles. The van der Waals surface area contributed by atoms with Gasteiger partial charge >= 0.3 is 5.97 Å². The summed E-state index contributed by atoms with van der Waals surface area (Å²) in [6.07, 6.45) is 0. The summed E-state index contributed by atoms with van der Waals surface area (Å²) in [5, 5.41) is 0.808. The summed E-state index contributed by atoms with van der Waals surface area (Å²) in [5.74, 6) is -0.444. The summed E-state index contributed by atoms with van der Waals surface area (Å²) in [4.78, 5) is 13.2. The SMILES string of the molecule is C[NH+](CCOC(=O)c1cc(Cl)ccc1Cl)Cc1ccccc1. The summed E-state index contributed by atoms with van der Waals surface area (Å²) < 4.78 is 5.27. The van der Waals surface area contributed by atoms with Crippen LogP contribution in [-0.4, -0.2) is 26.2 Å². The number of quaternary nitrogens is 1. The van der Waals surface area contributed by atoms with Crippen LogP contribution in [0.25, 0.3) is 0 Å². The first-order valence-corrected chi connectivity index (χ1v) is 7.79. The molecule has 0 spiro atoms. The van der Waals surface area contributed by atoms with Crippen molar-refractivity contribution in [2.45, 2.75) is 6.54 Å². The van der Waals surface area contributed by atoms with Gasteiger partial charge in [0.1, 0.15) is 19.7 Å². The molecule has 116 valence electrons. The fraction of sp³-hybridized carbons (Fsp3) is 0.235. The molecule has 1 N–H and O–H groups in total. The van der Waals surface area contributed by atoms with Crippen LogP contribution in [0.15, 0.2) is 48.5 Å². The van der Waals surface area contributed by atoms with Crippen molar-refractivity contribution in [3.05, 3.63) is 69.7 Å². The number of halogens is 2. The van der Waals surface area contributed by atoms with Gasteiger partial charge in [0.15, 0.2) is 0 Å². The average Bonchev–Trinajstić information content (AvgIpc) is 2.50. The summed E-state index contributed by atoms with van der Waals surface area (Å²) in [6, 6.07) is 14.9. The van der Waals surface area contributed by atoms with Crippen LogP contribution in [0.5, 0.6) is 0 Å². The second kappa shape index (κ2) is 8.18. The molecule has 0 aromatic heterocycles. The van der Waals surface area contributed by atoms with Gasteiger partial charge in [0.05, 0.1) is 17.6 Å². The summed E-state index contributed by atoms with van der Waals surface area (Å²) in [7, 11) is 2.06. The van der Waals surface area contributed by atoms with Crippen LogP contribution in [0.1, 0.15) is 15.9 Å². The lowest BCUT2D eigenvalue weighted by Gasteiger charge is -2.14. The van der Waals surface area contributed by atoms with E-state index in [2.05, 4.69) is 19.2 Å². The number of ether oxygens (including phenoxy) is 1. The molecule has 2 aromatic rings. The van der Waals surface area contributed by atoms with Gasteiger partial charge in [0.2, 0.25) is 0 Å². The molecule has 0 heterocycles. The number of hydrogen-bond acceptors (Lipinski definition) is 2. The topological polar surface area (TPSA) is 30.7 Å². The van der Waals surface area contributed by atoms with Crippen molar-refractivity contribution in [2.24, 2.45) is 0 Å². The third-order valence-electron chi connectivity index (χ3n) is 3.26. The van der Waals surface area contributed by atoms with Crippen LogP contribution < -0.4 is 4.90 Å². The van der Waals surface area contributed by atoms with Gasteiger partial charge in [0, 0.05) is 10.6 Å². The maximum Gasteiger partial charge on any atom is 0.339 e. The molecule has 2 aromatic carbocycles. The highest BCUT2D eigenvalue weighted by molar-refractivity contribution is 6.35. The monoisotopic (exact) mass is 338 g/mol. The minimum Gasteiger partial charge on any atom is -0.456 e. The fourth-order valence-corrected chi connectivity index (χ4v) is 2.45. The molecule has 22 heavy (non-hydrogen) atoms. The van der Waals surface area contributed by atoms with Crippen molar-refractivity contribution in [3.8, 4) is 0 Å². The van der Waals surface area contributed by atoms with E-state index < -0.39 is 5.97 Å². The Morgan fingerprint density at radius 1 is 1.14 bits per heavy atom. The van der Waals surface area contributed by atoms with Crippen LogP contribution in [0.2, 0.25) is 10.0 Å². The molecule has 0 radical (unpaired) electrons. The van der Waals surface area contributed by atoms with Gasteiger partial charge < -0.3 is 9.64 Å². The van der Waals surface area contributed by atoms with E-state index in [-0.39, 0.29) is 0 Å². The maximum atomic E-state index is 12.0. The summed E-state index contributed by atoms with van der Waals surface area (Å²) in [6.45, 7) is 1.94. The lowest BCUT2D eigenvalue weighted by molar-refractivity contribution is -0.893. The molecule has 3 nitrogen and oxygen atoms in total. The predicted molar refractivity (Wildman–Crippen MR) is 88.6 cm³/mol. The zero-order valence-electron chi connectivity index (χ0n) is 12.3. The Balaban J connectivity index is 1.80. The van der Waals surface area contributed by atoms with E-state index in [9.17, 15) is 4.79 Å². The first-order chi connectivity index (χ1) is 10.6. The predicted octanol–water partition coefficient (Wildman–Crippen LogP) is 2.87. The molecule has 1 unspecified atom stereocenters. The van der Waals surface area contributed by atoms with E-state index in [0.717, 1.165) is 13.1 Å². The number of carbonyl (C=O) groups is 1. The van der Waals surface area contributed by atoms with E-state index in [0.29, 0.717) is 22.2 Å². The van der Waals surface area contributed by atoms with Crippen LogP contribution in [0, 0.1) is 0 Å². The van der Waals surface area contributed by atoms with Crippen LogP contribution in [0.4, 0.5) is 0 Å². The van der Waals surface area contributed by atoms with E-state index >= 15 is 0 Å². The smallest absolute Gasteiger partial charge is 0.339 e. The normalized spacial score (nSPS) is 12.0. The Kier molecular flexibility index (Phi) is 6.25. The number of rotatable bonds is 6. The van der Waals surface area contributed by atoms with E-state index in [1.165, 1.54) is 16.5 Å². The Morgan fingerprint density at radius 3 is 2.59 bits per heavy atom. The van der Waals surface area contributed by atoms with Crippen molar-refractivity contribution in [1.29, 1.82) is 0 Å². The van der Waals surface area contributed by atoms with Crippen LogP contribution in [-0.2, 0) is 11.3 Å². The quantitative estimate of drug-likeness (QED) is 0.821. The third-order valence-corrected chi connectivity index (χ3v) is 3.82. The van der Waals surface area contributed by atoms with E-state index in [4.69, 9.17) is 27.9 Å². The summed E-state index contributed by atoms with van der Waals surface area (Å²) in [5.41, 5.74) is 1.55. The minimum absolute atomic E-state index is 0.301. The molecule has 0 aliphatic carbocycles. The Bertz CT molecular complexity index is 632. The molecule has 5 heteroatoms. The molecule has 0 saturated carbocycles. The third kappa shape index (κ3) is 5.02. The fourth-order valence-electron chi connectivity index (χ4n) is 2.08. The highest BCUT2D eigenvalue weighted by atomic mass is 35.5. The average molecular weight is 339 g/mol. The first-order valence-electron chi connectivity index (χ1n) is 7.03. The minimum atomic E-state index is -0.444. The van der Waals surface area contributed by atoms with Gasteiger partial charge in [-0.05, 0) is 18.2 Å². The van der Waals surface area contributed by atoms with Gasteiger partial charge in [-0.1, -0.05) is 53.5 Å². The van der Waals surface area contributed by atoms with Crippen molar-refractivity contribution >= 4 is 29.2 Å². The molecule has 0 aliphatic rings. The first kappa shape index (κ1) is 16.8. The lowest BCUT2D eigenvalue weighted by atomic mass is 10.2. The number of esters is 1. The Morgan fingerprint density at radius 2 is 1.86 bits per heavy atom. The standard InChI is InChI=1S/C17H17Cl2NO2/c1-20(12-13-5-3-2-4-6-13)9-10-22-17(21)15-11-14(18)7-8-16(15)19/h2-8,11H,9-10,12H2,1H3/p+1. The van der Waals surface area contributed by atoms with Crippen molar-refractivity contribution in [3.63, 3.8) is 0 Å². The van der Waals surface area contributed by atoms with E-state index in [1.54, 1.807) is 12.1 Å². The van der Waals surface area contributed by atoms with Crippen molar-refractivity contribution in [2.75, 3.05) is 20.2 Å². The molecule has 1 atom stereocenters.